The third kappa shape index (κ3) is 2.95. The number of rotatable bonds is 4. The van der Waals surface area contributed by atoms with Crippen LogP contribution in [0.15, 0.2) is 66.2 Å². The molecular weight excluding hydrogens is 264 g/mol. The normalized spacial score (nSPS) is 12.2. The summed E-state index contributed by atoms with van der Waals surface area (Å²) in [6, 6.07) is 19.0. The predicted molar refractivity (Wildman–Crippen MR) is 84.6 cm³/mol. The highest BCUT2D eigenvalue weighted by Gasteiger charge is 2.09. The molecule has 1 heterocycles. The minimum absolute atomic E-state index is 0.0161. The van der Waals surface area contributed by atoms with Gasteiger partial charge in [0.25, 0.3) is 0 Å². The number of nitrogens with two attached hydrogens (primary N) is 1. The molecular formula is C17H16N2S. The maximum atomic E-state index is 6.17. The van der Waals surface area contributed by atoms with Crippen LogP contribution in [0.4, 0.5) is 0 Å². The highest BCUT2D eigenvalue weighted by atomic mass is 32.1. The Hall–Kier alpha value is -1.97. The molecule has 1 atom stereocenters. The second-order valence-corrected chi connectivity index (χ2v) is 5.67. The maximum absolute atomic E-state index is 6.17. The summed E-state index contributed by atoms with van der Waals surface area (Å²) < 4.78 is 0. The van der Waals surface area contributed by atoms with E-state index < -0.39 is 0 Å². The SMILES string of the molecule is NC(Cc1ccc(-c2ccccc2)cc1)c1nccs1. The molecule has 3 heteroatoms. The van der Waals surface area contributed by atoms with Crippen molar-refractivity contribution in [3.63, 3.8) is 0 Å². The van der Waals surface area contributed by atoms with Crippen molar-refractivity contribution >= 4 is 11.3 Å². The summed E-state index contributed by atoms with van der Waals surface area (Å²) in [5.41, 5.74) is 9.88. The third-order valence-corrected chi connectivity index (χ3v) is 4.19. The molecule has 0 amide bonds. The second kappa shape index (κ2) is 5.99. The lowest BCUT2D eigenvalue weighted by Gasteiger charge is -2.09. The van der Waals surface area contributed by atoms with Crippen LogP contribution in [0.5, 0.6) is 0 Å². The maximum Gasteiger partial charge on any atom is 0.110 e. The molecule has 1 aromatic heterocycles. The second-order valence-electron chi connectivity index (χ2n) is 4.74. The van der Waals surface area contributed by atoms with Crippen molar-refractivity contribution < 1.29 is 0 Å². The molecule has 0 saturated carbocycles. The molecule has 3 rings (SSSR count). The van der Waals surface area contributed by atoms with Crippen molar-refractivity contribution in [2.45, 2.75) is 12.5 Å². The van der Waals surface area contributed by atoms with Crippen LogP contribution in [0.1, 0.15) is 16.6 Å². The van der Waals surface area contributed by atoms with E-state index >= 15 is 0 Å². The molecule has 1 unspecified atom stereocenters. The molecule has 0 aliphatic carbocycles. The molecule has 2 nitrogen and oxygen atoms in total. The smallest absolute Gasteiger partial charge is 0.110 e. The summed E-state index contributed by atoms with van der Waals surface area (Å²) in [5, 5.41) is 2.96. The summed E-state index contributed by atoms with van der Waals surface area (Å²) >= 11 is 1.61. The van der Waals surface area contributed by atoms with Gasteiger partial charge in [-0.15, -0.1) is 11.3 Å². The van der Waals surface area contributed by atoms with E-state index in [1.54, 1.807) is 17.5 Å². The number of hydrogen-bond acceptors (Lipinski definition) is 3. The van der Waals surface area contributed by atoms with Crippen molar-refractivity contribution in [3.05, 3.63) is 76.7 Å². The van der Waals surface area contributed by atoms with Gasteiger partial charge in [0.05, 0.1) is 6.04 Å². The Balaban J connectivity index is 1.74. The van der Waals surface area contributed by atoms with Gasteiger partial charge in [-0.25, -0.2) is 4.98 Å². The van der Waals surface area contributed by atoms with Gasteiger partial charge in [-0.2, -0.15) is 0 Å². The highest BCUT2D eigenvalue weighted by molar-refractivity contribution is 7.09. The van der Waals surface area contributed by atoms with Crippen LogP contribution < -0.4 is 5.73 Å². The molecule has 0 bridgehead atoms. The molecule has 20 heavy (non-hydrogen) atoms. The van der Waals surface area contributed by atoms with E-state index in [1.165, 1.54) is 16.7 Å². The van der Waals surface area contributed by atoms with Gasteiger partial charge in [-0.1, -0.05) is 54.6 Å². The van der Waals surface area contributed by atoms with E-state index in [4.69, 9.17) is 5.73 Å². The van der Waals surface area contributed by atoms with E-state index in [-0.39, 0.29) is 6.04 Å². The number of benzene rings is 2. The van der Waals surface area contributed by atoms with E-state index in [0.717, 1.165) is 11.4 Å². The molecule has 2 N–H and O–H groups in total. The fourth-order valence-electron chi connectivity index (χ4n) is 2.22. The largest absolute Gasteiger partial charge is 0.322 e. The van der Waals surface area contributed by atoms with Crippen LogP contribution in [-0.4, -0.2) is 4.98 Å². The van der Waals surface area contributed by atoms with Crippen LogP contribution in [0.25, 0.3) is 11.1 Å². The summed E-state index contributed by atoms with van der Waals surface area (Å²) in [5.74, 6) is 0. The fourth-order valence-corrected chi connectivity index (χ4v) is 2.86. The van der Waals surface area contributed by atoms with Gasteiger partial charge in [-0.05, 0) is 23.1 Å². The van der Waals surface area contributed by atoms with Gasteiger partial charge in [0.1, 0.15) is 5.01 Å². The third-order valence-electron chi connectivity index (χ3n) is 3.29. The molecule has 0 spiro atoms. The van der Waals surface area contributed by atoms with Crippen molar-refractivity contribution in [2.75, 3.05) is 0 Å². The molecule has 2 aromatic carbocycles. The highest BCUT2D eigenvalue weighted by Crippen LogP contribution is 2.22. The Morgan fingerprint density at radius 1 is 0.950 bits per heavy atom. The summed E-state index contributed by atoms with van der Waals surface area (Å²) in [6.45, 7) is 0. The Morgan fingerprint density at radius 3 is 2.30 bits per heavy atom. The summed E-state index contributed by atoms with van der Waals surface area (Å²) in [7, 11) is 0. The van der Waals surface area contributed by atoms with E-state index in [9.17, 15) is 0 Å². The number of nitrogens with zero attached hydrogens (tertiary/aromatic N) is 1. The van der Waals surface area contributed by atoms with Crippen molar-refractivity contribution in [1.82, 2.24) is 4.98 Å². The summed E-state index contributed by atoms with van der Waals surface area (Å²) in [4.78, 5) is 4.27. The van der Waals surface area contributed by atoms with Gasteiger partial charge in [-0.3, -0.25) is 0 Å². The molecule has 0 aliphatic rings. The lowest BCUT2D eigenvalue weighted by molar-refractivity contribution is 0.715. The van der Waals surface area contributed by atoms with Gasteiger partial charge < -0.3 is 5.73 Å². The number of thiazole rings is 1. The monoisotopic (exact) mass is 280 g/mol. The molecule has 0 saturated heterocycles. The number of aromatic nitrogens is 1. The first-order valence-corrected chi connectivity index (χ1v) is 7.50. The molecule has 0 aliphatic heterocycles. The van der Waals surface area contributed by atoms with Crippen LogP contribution >= 0.6 is 11.3 Å². The lowest BCUT2D eigenvalue weighted by Crippen LogP contribution is -2.12. The quantitative estimate of drug-likeness (QED) is 0.783. The zero-order chi connectivity index (χ0) is 13.8. The van der Waals surface area contributed by atoms with E-state index in [1.807, 2.05) is 11.4 Å². The zero-order valence-corrected chi connectivity index (χ0v) is 11.9. The average molecular weight is 280 g/mol. The predicted octanol–water partition coefficient (Wildman–Crippen LogP) is 4.05. The Labute approximate surface area is 122 Å². The number of hydrogen-bond donors (Lipinski definition) is 1. The Kier molecular flexibility index (Phi) is 3.90. The molecule has 0 radical (unpaired) electrons. The van der Waals surface area contributed by atoms with Gasteiger partial charge in [0.2, 0.25) is 0 Å². The van der Waals surface area contributed by atoms with E-state index in [0.29, 0.717) is 0 Å². The average Bonchev–Trinajstić information content (AvgIpc) is 3.03. The molecule has 100 valence electrons. The summed E-state index contributed by atoms with van der Waals surface area (Å²) in [6.07, 6.45) is 2.63. The first kappa shape index (κ1) is 13.0. The fraction of sp³-hybridized carbons (Fsp3) is 0.118. The van der Waals surface area contributed by atoms with Crippen molar-refractivity contribution in [1.29, 1.82) is 0 Å². The minimum atomic E-state index is -0.0161. The van der Waals surface area contributed by atoms with Crippen molar-refractivity contribution in [2.24, 2.45) is 5.73 Å². The molecule has 0 fully saturated rings. The van der Waals surface area contributed by atoms with Crippen LogP contribution in [0.2, 0.25) is 0 Å². The van der Waals surface area contributed by atoms with Gasteiger partial charge in [0.15, 0.2) is 0 Å². The van der Waals surface area contributed by atoms with E-state index in [2.05, 4.69) is 53.5 Å². The Morgan fingerprint density at radius 2 is 1.65 bits per heavy atom. The van der Waals surface area contributed by atoms with Gasteiger partial charge in [0, 0.05) is 11.6 Å². The Bertz CT molecular complexity index is 645. The van der Waals surface area contributed by atoms with Crippen LogP contribution in [0, 0.1) is 0 Å². The van der Waals surface area contributed by atoms with Gasteiger partial charge >= 0.3 is 0 Å². The standard InChI is InChI=1S/C17H16N2S/c18-16(17-19-10-11-20-17)12-13-6-8-15(9-7-13)14-4-2-1-3-5-14/h1-11,16H,12,18H2. The topological polar surface area (TPSA) is 38.9 Å². The zero-order valence-electron chi connectivity index (χ0n) is 11.1. The van der Waals surface area contributed by atoms with Crippen LogP contribution in [-0.2, 0) is 6.42 Å². The van der Waals surface area contributed by atoms with Crippen LogP contribution in [0.3, 0.4) is 0 Å². The minimum Gasteiger partial charge on any atom is -0.322 e. The van der Waals surface area contributed by atoms with Crippen molar-refractivity contribution in [3.8, 4) is 11.1 Å². The lowest BCUT2D eigenvalue weighted by atomic mass is 10.0. The first-order valence-electron chi connectivity index (χ1n) is 6.62. The first-order chi connectivity index (χ1) is 9.83. The molecule has 3 aromatic rings.